The van der Waals surface area contributed by atoms with E-state index in [9.17, 15) is 0 Å². The van der Waals surface area contributed by atoms with Gasteiger partial charge in [0.1, 0.15) is 0 Å². The molecule has 0 aromatic heterocycles. The molecule has 0 spiro atoms. The van der Waals surface area contributed by atoms with Crippen molar-refractivity contribution in [3.8, 4) is 0 Å². The molecular formula is C12H16Cl2N2. The lowest BCUT2D eigenvalue weighted by Gasteiger charge is -2.28. The van der Waals surface area contributed by atoms with E-state index < -0.39 is 0 Å². The highest BCUT2D eigenvalue weighted by atomic mass is 35.5. The zero-order valence-electron chi connectivity index (χ0n) is 9.05. The van der Waals surface area contributed by atoms with Gasteiger partial charge in [-0.3, -0.25) is 0 Å². The fourth-order valence-electron chi connectivity index (χ4n) is 2.10. The van der Waals surface area contributed by atoms with Crippen LogP contribution in [-0.2, 0) is 0 Å². The molecule has 0 atom stereocenters. The first-order valence-electron chi connectivity index (χ1n) is 5.63. The molecule has 1 fully saturated rings. The summed E-state index contributed by atoms with van der Waals surface area (Å²) >= 11 is 12.2. The van der Waals surface area contributed by atoms with Crippen LogP contribution in [0.5, 0.6) is 0 Å². The lowest BCUT2D eigenvalue weighted by Crippen LogP contribution is -2.32. The summed E-state index contributed by atoms with van der Waals surface area (Å²) < 4.78 is 0. The molecule has 0 heterocycles. The highest BCUT2D eigenvalue weighted by molar-refractivity contribution is 6.39. The summed E-state index contributed by atoms with van der Waals surface area (Å²) in [5.74, 6) is 0. The topological polar surface area (TPSA) is 38.0 Å². The van der Waals surface area contributed by atoms with E-state index in [0.29, 0.717) is 22.1 Å². The summed E-state index contributed by atoms with van der Waals surface area (Å²) in [7, 11) is 0. The Bertz CT molecular complexity index is 340. The number of rotatable bonds is 2. The van der Waals surface area contributed by atoms with Crippen LogP contribution in [0.4, 0.5) is 5.69 Å². The predicted octanol–water partition coefficient (Wildman–Crippen LogP) is 3.68. The van der Waals surface area contributed by atoms with Gasteiger partial charge >= 0.3 is 0 Å². The van der Waals surface area contributed by atoms with Crippen LogP contribution < -0.4 is 11.1 Å². The molecule has 4 heteroatoms. The molecule has 1 saturated carbocycles. The molecule has 0 saturated heterocycles. The van der Waals surface area contributed by atoms with Crippen molar-refractivity contribution in [3.05, 3.63) is 28.2 Å². The fourth-order valence-corrected chi connectivity index (χ4v) is 2.61. The summed E-state index contributed by atoms with van der Waals surface area (Å²) in [6, 6.07) is 6.36. The molecule has 0 aliphatic heterocycles. The SMILES string of the molecule is NC1CCC(Nc2c(Cl)cccc2Cl)CC1. The van der Waals surface area contributed by atoms with Gasteiger partial charge in [0.05, 0.1) is 15.7 Å². The van der Waals surface area contributed by atoms with Gasteiger partial charge in [-0.05, 0) is 37.8 Å². The maximum Gasteiger partial charge on any atom is 0.0721 e. The van der Waals surface area contributed by atoms with Gasteiger partial charge in [0.15, 0.2) is 0 Å². The van der Waals surface area contributed by atoms with Crippen molar-refractivity contribution < 1.29 is 0 Å². The molecule has 16 heavy (non-hydrogen) atoms. The van der Waals surface area contributed by atoms with Gasteiger partial charge in [-0.2, -0.15) is 0 Å². The van der Waals surface area contributed by atoms with E-state index in [4.69, 9.17) is 28.9 Å². The first-order chi connectivity index (χ1) is 7.66. The first kappa shape index (κ1) is 12.0. The Hall–Kier alpha value is -0.440. The number of anilines is 1. The van der Waals surface area contributed by atoms with Crippen LogP contribution in [0.25, 0.3) is 0 Å². The molecule has 0 bridgehead atoms. The van der Waals surface area contributed by atoms with E-state index in [2.05, 4.69) is 5.32 Å². The third-order valence-electron chi connectivity index (χ3n) is 3.08. The van der Waals surface area contributed by atoms with Gasteiger partial charge in [0.2, 0.25) is 0 Å². The van der Waals surface area contributed by atoms with Crippen LogP contribution in [0.2, 0.25) is 10.0 Å². The zero-order chi connectivity index (χ0) is 11.5. The molecule has 2 rings (SSSR count). The largest absolute Gasteiger partial charge is 0.380 e. The number of hydrogen-bond acceptors (Lipinski definition) is 2. The molecule has 1 aromatic carbocycles. The Labute approximate surface area is 106 Å². The number of para-hydroxylation sites is 1. The lowest BCUT2D eigenvalue weighted by atomic mass is 9.91. The molecular weight excluding hydrogens is 243 g/mol. The van der Waals surface area contributed by atoms with Gasteiger partial charge in [-0.1, -0.05) is 29.3 Å². The second-order valence-corrected chi connectivity index (χ2v) is 5.17. The summed E-state index contributed by atoms with van der Waals surface area (Å²) in [6.07, 6.45) is 4.31. The third kappa shape index (κ3) is 2.82. The number of benzene rings is 1. The number of hydrogen-bond donors (Lipinski definition) is 2. The Morgan fingerprint density at radius 3 is 2.19 bits per heavy atom. The van der Waals surface area contributed by atoms with Crippen LogP contribution in [0.1, 0.15) is 25.7 Å². The van der Waals surface area contributed by atoms with Crippen LogP contribution in [0, 0.1) is 0 Å². The average molecular weight is 259 g/mol. The average Bonchev–Trinajstić information content (AvgIpc) is 2.26. The second kappa shape index (κ2) is 5.26. The Morgan fingerprint density at radius 2 is 1.62 bits per heavy atom. The van der Waals surface area contributed by atoms with Crippen LogP contribution in [0.15, 0.2) is 18.2 Å². The van der Waals surface area contributed by atoms with Crippen molar-refractivity contribution in [1.82, 2.24) is 0 Å². The molecule has 88 valence electrons. The van der Waals surface area contributed by atoms with Crippen molar-refractivity contribution in [3.63, 3.8) is 0 Å². The van der Waals surface area contributed by atoms with E-state index >= 15 is 0 Å². The Balaban J connectivity index is 2.04. The summed E-state index contributed by atoms with van der Waals surface area (Å²) in [5.41, 5.74) is 6.72. The minimum atomic E-state index is 0.361. The van der Waals surface area contributed by atoms with E-state index in [1.807, 2.05) is 18.2 Å². The molecule has 2 nitrogen and oxygen atoms in total. The number of nitrogens with one attached hydrogen (secondary N) is 1. The van der Waals surface area contributed by atoms with Crippen LogP contribution in [0.3, 0.4) is 0 Å². The van der Waals surface area contributed by atoms with Gasteiger partial charge < -0.3 is 11.1 Å². The highest BCUT2D eigenvalue weighted by Crippen LogP contribution is 2.32. The second-order valence-electron chi connectivity index (χ2n) is 4.35. The molecule has 1 aliphatic carbocycles. The smallest absolute Gasteiger partial charge is 0.0721 e. The van der Waals surface area contributed by atoms with E-state index in [1.165, 1.54) is 0 Å². The fraction of sp³-hybridized carbons (Fsp3) is 0.500. The van der Waals surface area contributed by atoms with Crippen LogP contribution in [-0.4, -0.2) is 12.1 Å². The maximum atomic E-state index is 6.11. The van der Waals surface area contributed by atoms with Gasteiger partial charge in [0, 0.05) is 12.1 Å². The zero-order valence-corrected chi connectivity index (χ0v) is 10.6. The van der Waals surface area contributed by atoms with Gasteiger partial charge in [-0.25, -0.2) is 0 Å². The summed E-state index contributed by atoms with van der Waals surface area (Å²) in [4.78, 5) is 0. The standard InChI is InChI=1S/C12H16Cl2N2/c13-10-2-1-3-11(14)12(10)16-9-6-4-8(15)5-7-9/h1-3,8-9,16H,4-7,15H2. The molecule has 0 unspecified atom stereocenters. The van der Waals surface area contributed by atoms with Crippen LogP contribution >= 0.6 is 23.2 Å². The Kier molecular flexibility index (Phi) is 3.95. The molecule has 3 N–H and O–H groups in total. The Morgan fingerprint density at radius 1 is 1.06 bits per heavy atom. The third-order valence-corrected chi connectivity index (χ3v) is 3.71. The number of halogens is 2. The normalized spacial score (nSPS) is 25.4. The number of nitrogens with two attached hydrogens (primary N) is 1. The van der Waals surface area contributed by atoms with Gasteiger partial charge in [0.25, 0.3) is 0 Å². The summed E-state index contributed by atoms with van der Waals surface area (Å²) in [5, 5.41) is 4.78. The molecule has 1 aliphatic rings. The van der Waals surface area contributed by atoms with E-state index in [-0.39, 0.29) is 0 Å². The molecule has 0 radical (unpaired) electrons. The first-order valence-corrected chi connectivity index (χ1v) is 6.38. The van der Waals surface area contributed by atoms with Crippen molar-refractivity contribution in [1.29, 1.82) is 0 Å². The van der Waals surface area contributed by atoms with Gasteiger partial charge in [-0.15, -0.1) is 0 Å². The minimum absolute atomic E-state index is 0.361. The van der Waals surface area contributed by atoms with E-state index in [1.54, 1.807) is 0 Å². The van der Waals surface area contributed by atoms with Crippen molar-refractivity contribution in [2.24, 2.45) is 5.73 Å². The summed E-state index contributed by atoms with van der Waals surface area (Å²) in [6.45, 7) is 0. The predicted molar refractivity (Wildman–Crippen MR) is 70.3 cm³/mol. The molecule has 0 amide bonds. The maximum absolute atomic E-state index is 6.11. The monoisotopic (exact) mass is 258 g/mol. The minimum Gasteiger partial charge on any atom is -0.380 e. The molecule has 1 aromatic rings. The van der Waals surface area contributed by atoms with Crippen molar-refractivity contribution >= 4 is 28.9 Å². The van der Waals surface area contributed by atoms with Crippen molar-refractivity contribution in [2.45, 2.75) is 37.8 Å². The lowest BCUT2D eigenvalue weighted by molar-refractivity contribution is 0.411. The quantitative estimate of drug-likeness (QED) is 0.850. The van der Waals surface area contributed by atoms with E-state index in [0.717, 1.165) is 31.4 Å². The van der Waals surface area contributed by atoms with Crippen molar-refractivity contribution in [2.75, 3.05) is 5.32 Å². The highest BCUT2D eigenvalue weighted by Gasteiger charge is 2.19.